The summed E-state index contributed by atoms with van der Waals surface area (Å²) in [5, 5.41) is 0. The predicted octanol–water partition coefficient (Wildman–Crippen LogP) is 3.87. The van der Waals surface area contributed by atoms with Crippen molar-refractivity contribution in [3.05, 3.63) is 33.5 Å². The highest BCUT2D eigenvalue weighted by Gasteiger charge is 2.39. The zero-order chi connectivity index (χ0) is 12.5. The van der Waals surface area contributed by atoms with Crippen molar-refractivity contribution in [3.8, 4) is 0 Å². The molecule has 0 aromatic heterocycles. The van der Waals surface area contributed by atoms with Crippen molar-refractivity contribution in [3.63, 3.8) is 0 Å². The van der Waals surface area contributed by atoms with Gasteiger partial charge in [0.1, 0.15) is 5.82 Å². The highest BCUT2D eigenvalue weighted by atomic mass is 79.9. The number of aliphatic imine (C=N–C) groups is 1. The SMILES string of the molecule is CCc1cc(C2(N=C=O)CCC2)cc(Br)c1F. The first-order valence-corrected chi connectivity index (χ1v) is 6.49. The Labute approximate surface area is 108 Å². The Morgan fingerprint density at radius 3 is 2.71 bits per heavy atom. The van der Waals surface area contributed by atoms with Gasteiger partial charge in [0.25, 0.3) is 0 Å². The maximum absolute atomic E-state index is 13.7. The molecule has 0 atom stereocenters. The largest absolute Gasteiger partial charge is 0.235 e. The lowest BCUT2D eigenvalue weighted by Crippen LogP contribution is -2.32. The minimum absolute atomic E-state index is 0.221. The van der Waals surface area contributed by atoms with Crippen molar-refractivity contribution >= 4 is 22.0 Å². The monoisotopic (exact) mass is 297 g/mol. The number of isocyanates is 1. The highest BCUT2D eigenvalue weighted by molar-refractivity contribution is 9.10. The van der Waals surface area contributed by atoms with Crippen molar-refractivity contribution in [2.24, 2.45) is 4.99 Å². The summed E-state index contributed by atoms with van der Waals surface area (Å²) in [5.41, 5.74) is 1.11. The van der Waals surface area contributed by atoms with E-state index in [0.29, 0.717) is 16.5 Å². The Hall–Kier alpha value is -0.990. The van der Waals surface area contributed by atoms with Crippen LogP contribution in [0.5, 0.6) is 0 Å². The number of rotatable bonds is 3. The van der Waals surface area contributed by atoms with Crippen LogP contribution < -0.4 is 0 Å². The molecular formula is C13H13BrFNO. The van der Waals surface area contributed by atoms with Crippen LogP contribution in [0.3, 0.4) is 0 Å². The van der Waals surface area contributed by atoms with Crippen molar-refractivity contribution in [1.29, 1.82) is 0 Å². The normalized spacial score (nSPS) is 17.1. The van der Waals surface area contributed by atoms with Crippen LogP contribution in [-0.4, -0.2) is 6.08 Å². The second-order valence-electron chi connectivity index (χ2n) is 4.37. The van der Waals surface area contributed by atoms with Gasteiger partial charge in [-0.1, -0.05) is 13.0 Å². The number of aryl methyl sites for hydroxylation is 1. The Morgan fingerprint density at radius 1 is 1.53 bits per heavy atom. The summed E-state index contributed by atoms with van der Waals surface area (Å²) in [4.78, 5) is 14.4. The van der Waals surface area contributed by atoms with Crippen LogP contribution in [0.15, 0.2) is 21.6 Å². The lowest BCUT2D eigenvalue weighted by Gasteiger charge is -2.37. The Kier molecular flexibility index (Phi) is 3.45. The summed E-state index contributed by atoms with van der Waals surface area (Å²) in [6.45, 7) is 1.91. The van der Waals surface area contributed by atoms with Crippen LogP contribution in [0.2, 0.25) is 0 Å². The maximum atomic E-state index is 13.7. The summed E-state index contributed by atoms with van der Waals surface area (Å²) < 4.78 is 14.2. The fourth-order valence-electron chi connectivity index (χ4n) is 2.24. The first-order chi connectivity index (χ1) is 8.13. The molecule has 1 aromatic carbocycles. The average Bonchev–Trinajstić information content (AvgIpc) is 2.27. The third-order valence-electron chi connectivity index (χ3n) is 3.46. The molecule has 17 heavy (non-hydrogen) atoms. The third-order valence-corrected chi connectivity index (χ3v) is 4.04. The van der Waals surface area contributed by atoms with E-state index in [2.05, 4.69) is 20.9 Å². The molecule has 0 bridgehead atoms. The highest BCUT2D eigenvalue weighted by Crippen LogP contribution is 2.45. The van der Waals surface area contributed by atoms with E-state index in [9.17, 15) is 9.18 Å². The Bertz CT molecular complexity index is 490. The van der Waals surface area contributed by atoms with Gasteiger partial charge in [-0.05, 0) is 58.8 Å². The lowest BCUT2D eigenvalue weighted by atomic mass is 9.72. The van der Waals surface area contributed by atoms with E-state index in [1.165, 1.54) is 0 Å². The molecular weight excluding hydrogens is 285 g/mol. The van der Waals surface area contributed by atoms with Gasteiger partial charge in [0.05, 0.1) is 10.0 Å². The molecule has 0 saturated heterocycles. The van der Waals surface area contributed by atoms with Gasteiger partial charge in [0.2, 0.25) is 6.08 Å². The smallest absolute Gasteiger partial charge is 0.211 e. The molecule has 1 aromatic rings. The van der Waals surface area contributed by atoms with E-state index in [0.717, 1.165) is 24.8 Å². The third kappa shape index (κ3) is 2.07. The first kappa shape index (κ1) is 12.5. The van der Waals surface area contributed by atoms with Gasteiger partial charge < -0.3 is 0 Å². The van der Waals surface area contributed by atoms with Gasteiger partial charge in [0, 0.05) is 0 Å². The molecule has 0 radical (unpaired) electrons. The average molecular weight is 298 g/mol. The van der Waals surface area contributed by atoms with E-state index < -0.39 is 5.54 Å². The number of halogens is 2. The summed E-state index contributed by atoms with van der Waals surface area (Å²) in [5.74, 6) is -0.221. The fraction of sp³-hybridized carbons (Fsp3) is 0.462. The molecule has 1 fully saturated rings. The predicted molar refractivity (Wildman–Crippen MR) is 67.1 cm³/mol. The molecule has 0 aliphatic heterocycles. The van der Waals surface area contributed by atoms with E-state index in [4.69, 9.17) is 0 Å². The Morgan fingerprint density at radius 2 is 2.24 bits per heavy atom. The summed E-state index contributed by atoms with van der Waals surface area (Å²) in [7, 11) is 0. The molecule has 4 heteroatoms. The van der Waals surface area contributed by atoms with E-state index in [-0.39, 0.29) is 5.82 Å². The summed E-state index contributed by atoms with van der Waals surface area (Å²) in [6, 6.07) is 3.55. The van der Waals surface area contributed by atoms with Crippen LogP contribution >= 0.6 is 15.9 Å². The quantitative estimate of drug-likeness (QED) is 0.615. The minimum Gasteiger partial charge on any atom is -0.211 e. The molecule has 0 amide bonds. The number of benzene rings is 1. The van der Waals surface area contributed by atoms with Gasteiger partial charge >= 0.3 is 0 Å². The van der Waals surface area contributed by atoms with Gasteiger partial charge in [-0.2, -0.15) is 4.99 Å². The second-order valence-corrected chi connectivity index (χ2v) is 5.23. The van der Waals surface area contributed by atoms with Crippen molar-refractivity contribution in [2.45, 2.75) is 38.1 Å². The standard InChI is InChI=1S/C13H13BrFNO/c1-2-9-6-10(7-11(14)12(9)15)13(16-8-17)4-3-5-13/h6-7H,2-5H2,1H3. The molecule has 2 rings (SSSR count). The summed E-state index contributed by atoms with van der Waals surface area (Å²) in [6.07, 6.45) is 4.99. The molecule has 1 saturated carbocycles. The zero-order valence-electron chi connectivity index (χ0n) is 9.59. The zero-order valence-corrected chi connectivity index (χ0v) is 11.2. The Balaban J connectivity index is 2.52. The topological polar surface area (TPSA) is 29.4 Å². The van der Waals surface area contributed by atoms with Crippen molar-refractivity contribution < 1.29 is 9.18 Å². The van der Waals surface area contributed by atoms with Crippen LogP contribution in [0, 0.1) is 5.82 Å². The van der Waals surface area contributed by atoms with Gasteiger partial charge in [-0.25, -0.2) is 9.18 Å². The fourth-order valence-corrected chi connectivity index (χ4v) is 2.74. The maximum Gasteiger partial charge on any atom is 0.235 e. The number of hydrogen-bond acceptors (Lipinski definition) is 2. The number of carbonyl (C=O) groups excluding carboxylic acids is 1. The van der Waals surface area contributed by atoms with E-state index in [1.54, 1.807) is 12.1 Å². The van der Waals surface area contributed by atoms with Gasteiger partial charge in [-0.15, -0.1) is 0 Å². The molecule has 1 aliphatic carbocycles. The van der Waals surface area contributed by atoms with E-state index in [1.807, 2.05) is 13.0 Å². The molecule has 0 spiro atoms. The minimum atomic E-state index is -0.456. The lowest BCUT2D eigenvalue weighted by molar-refractivity contribution is 0.255. The van der Waals surface area contributed by atoms with Crippen LogP contribution in [0.1, 0.15) is 37.3 Å². The van der Waals surface area contributed by atoms with E-state index >= 15 is 0 Å². The number of nitrogens with zero attached hydrogens (tertiary/aromatic N) is 1. The van der Waals surface area contributed by atoms with Crippen molar-refractivity contribution in [2.75, 3.05) is 0 Å². The van der Waals surface area contributed by atoms with Crippen molar-refractivity contribution in [1.82, 2.24) is 0 Å². The first-order valence-electron chi connectivity index (χ1n) is 5.70. The second kappa shape index (κ2) is 4.71. The molecule has 0 heterocycles. The van der Waals surface area contributed by atoms with Crippen LogP contribution in [-0.2, 0) is 16.8 Å². The number of hydrogen-bond donors (Lipinski definition) is 0. The summed E-state index contributed by atoms with van der Waals surface area (Å²) >= 11 is 3.22. The van der Waals surface area contributed by atoms with Gasteiger partial charge in [0.15, 0.2) is 0 Å². The molecule has 90 valence electrons. The molecule has 0 N–H and O–H groups in total. The van der Waals surface area contributed by atoms with Gasteiger partial charge in [-0.3, -0.25) is 0 Å². The van der Waals surface area contributed by atoms with Crippen LogP contribution in [0.25, 0.3) is 0 Å². The molecule has 2 nitrogen and oxygen atoms in total. The molecule has 1 aliphatic rings. The van der Waals surface area contributed by atoms with Crippen LogP contribution in [0.4, 0.5) is 4.39 Å². The molecule has 0 unspecified atom stereocenters.